The summed E-state index contributed by atoms with van der Waals surface area (Å²) in [7, 11) is 0. The first-order valence-corrected chi connectivity index (χ1v) is 11.5. The van der Waals surface area contributed by atoms with Crippen molar-refractivity contribution in [2.45, 2.75) is 59.2 Å². The first-order valence-electron chi connectivity index (χ1n) is 11.5. The van der Waals surface area contributed by atoms with Crippen LogP contribution in [0.4, 0.5) is 0 Å². The molecule has 4 rings (SSSR count). The second-order valence-electron chi connectivity index (χ2n) is 8.91. The van der Waals surface area contributed by atoms with Crippen molar-refractivity contribution in [2.24, 2.45) is 0 Å². The Balaban J connectivity index is 1.51. The first-order chi connectivity index (χ1) is 14.6. The van der Waals surface area contributed by atoms with Crippen LogP contribution in [0, 0.1) is 13.8 Å². The van der Waals surface area contributed by atoms with Gasteiger partial charge in [0.1, 0.15) is 6.10 Å². The van der Waals surface area contributed by atoms with Gasteiger partial charge in [-0.25, -0.2) is 0 Å². The van der Waals surface area contributed by atoms with Gasteiger partial charge in [-0.3, -0.25) is 4.90 Å². The lowest BCUT2D eigenvalue weighted by Crippen LogP contribution is -2.46. The van der Waals surface area contributed by atoms with Crippen molar-refractivity contribution in [3.05, 3.63) is 82.1 Å². The minimum Gasteiger partial charge on any atom is -0.369 e. The van der Waals surface area contributed by atoms with Gasteiger partial charge < -0.3 is 9.64 Å². The monoisotopic (exact) mass is 404 g/mol. The van der Waals surface area contributed by atoms with Gasteiger partial charge in [-0.15, -0.1) is 0 Å². The molecule has 0 amide bonds. The lowest BCUT2D eigenvalue weighted by Gasteiger charge is -2.39. The van der Waals surface area contributed by atoms with Gasteiger partial charge in [-0.2, -0.15) is 0 Å². The fourth-order valence-corrected chi connectivity index (χ4v) is 4.50. The molecule has 1 unspecified atom stereocenters. The Morgan fingerprint density at radius 2 is 1.83 bits per heavy atom. The zero-order valence-corrected chi connectivity index (χ0v) is 18.9. The van der Waals surface area contributed by atoms with Crippen LogP contribution >= 0.6 is 0 Å². The summed E-state index contributed by atoms with van der Waals surface area (Å²) >= 11 is 0. The average Bonchev–Trinajstić information content (AvgIpc) is 3.57. The Kier molecular flexibility index (Phi) is 6.91. The van der Waals surface area contributed by atoms with Crippen LogP contribution in [-0.2, 0) is 17.8 Å². The Morgan fingerprint density at radius 3 is 2.53 bits per heavy atom. The van der Waals surface area contributed by atoms with Gasteiger partial charge in [-0.1, -0.05) is 55.5 Å². The van der Waals surface area contributed by atoms with Crippen molar-refractivity contribution in [3.8, 4) is 0 Å². The molecule has 0 radical (unpaired) electrons. The summed E-state index contributed by atoms with van der Waals surface area (Å²) in [5.41, 5.74) is 8.63. The average molecular weight is 405 g/mol. The normalized spacial score (nSPS) is 19.0. The van der Waals surface area contributed by atoms with Crippen molar-refractivity contribution in [1.29, 1.82) is 0 Å². The third-order valence-electron chi connectivity index (χ3n) is 6.35. The van der Waals surface area contributed by atoms with E-state index in [1.807, 2.05) is 0 Å². The van der Waals surface area contributed by atoms with Crippen molar-refractivity contribution in [2.75, 3.05) is 26.2 Å². The van der Waals surface area contributed by atoms with Gasteiger partial charge in [0.15, 0.2) is 0 Å². The molecule has 0 spiro atoms. The van der Waals surface area contributed by atoms with E-state index in [9.17, 15) is 0 Å². The molecule has 1 atom stereocenters. The van der Waals surface area contributed by atoms with Crippen LogP contribution in [0.25, 0.3) is 0 Å². The maximum atomic E-state index is 6.38. The van der Waals surface area contributed by atoms with Gasteiger partial charge in [0.25, 0.3) is 0 Å². The van der Waals surface area contributed by atoms with Crippen molar-refractivity contribution >= 4 is 0 Å². The van der Waals surface area contributed by atoms with E-state index in [4.69, 9.17) is 4.74 Å². The van der Waals surface area contributed by atoms with Crippen molar-refractivity contribution in [3.63, 3.8) is 0 Å². The fraction of sp³-hybridized carbons (Fsp3) is 0.481. The second-order valence-corrected chi connectivity index (χ2v) is 8.91. The fourth-order valence-electron chi connectivity index (χ4n) is 4.50. The van der Waals surface area contributed by atoms with E-state index in [0.29, 0.717) is 0 Å². The van der Waals surface area contributed by atoms with Crippen LogP contribution < -0.4 is 0 Å². The number of rotatable bonds is 8. The topological polar surface area (TPSA) is 15.7 Å². The van der Waals surface area contributed by atoms with Crippen LogP contribution in [0.5, 0.6) is 0 Å². The van der Waals surface area contributed by atoms with Crippen LogP contribution in [-0.4, -0.2) is 42.1 Å². The highest BCUT2D eigenvalue weighted by molar-refractivity contribution is 5.32. The number of hydrogen-bond donors (Lipinski definition) is 0. The highest BCUT2D eigenvalue weighted by Crippen LogP contribution is 2.37. The molecule has 1 saturated carbocycles. The summed E-state index contributed by atoms with van der Waals surface area (Å²) < 4.78 is 6.38. The molecule has 160 valence electrons. The third kappa shape index (κ3) is 5.33. The van der Waals surface area contributed by atoms with E-state index in [1.54, 1.807) is 5.57 Å². The standard InChI is InChI=1S/C27H36N2O/c1-4-14-29(19-24-11-10-21(2)22(3)17-24)27(25-12-13-25)26-20-28(15-16-30-26)18-23-8-6-5-7-9-23/h5-11,17,26H,4,12-16,18-20H2,1-3H3. The van der Waals surface area contributed by atoms with Crippen LogP contribution in [0.3, 0.4) is 0 Å². The smallest absolute Gasteiger partial charge is 0.110 e. The quantitative estimate of drug-likeness (QED) is 0.581. The van der Waals surface area contributed by atoms with E-state index in [1.165, 1.54) is 40.8 Å². The molecule has 2 aliphatic rings. The molecule has 0 bridgehead atoms. The molecule has 2 aromatic carbocycles. The zero-order chi connectivity index (χ0) is 20.9. The van der Waals surface area contributed by atoms with Crippen molar-refractivity contribution in [1.82, 2.24) is 9.80 Å². The van der Waals surface area contributed by atoms with Gasteiger partial charge >= 0.3 is 0 Å². The maximum Gasteiger partial charge on any atom is 0.110 e. The number of hydrogen-bond acceptors (Lipinski definition) is 3. The molecule has 3 heteroatoms. The highest BCUT2D eigenvalue weighted by atomic mass is 16.5. The minimum atomic E-state index is 0.193. The lowest BCUT2D eigenvalue weighted by atomic mass is 10.0. The summed E-state index contributed by atoms with van der Waals surface area (Å²) in [5.74, 6) is 0. The van der Waals surface area contributed by atoms with Gasteiger partial charge in [0.05, 0.1) is 6.61 Å². The Labute approximate surface area is 182 Å². The largest absolute Gasteiger partial charge is 0.369 e. The molecule has 1 aliphatic carbocycles. The number of allylic oxidation sites excluding steroid dienone is 1. The molecular weight excluding hydrogens is 368 g/mol. The van der Waals surface area contributed by atoms with Crippen molar-refractivity contribution < 1.29 is 4.74 Å². The molecule has 2 fully saturated rings. The number of morpholine rings is 1. The lowest BCUT2D eigenvalue weighted by molar-refractivity contribution is -0.0258. The minimum absolute atomic E-state index is 0.193. The van der Waals surface area contributed by atoms with Gasteiger partial charge in [-0.05, 0) is 60.9 Å². The van der Waals surface area contributed by atoms with Crippen LogP contribution in [0.1, 0.15) is 48.4 Å². The molecular formula is C27H36N2O. The molecule has 0 aromatic heterocycles. The summed E-state index contributed by atoms with van der Waals surface area (Å²) in [6.07, 6.45) is 3.82. The summed E-state index contributed by atoms with van der Waals surface area (Å²) in [4.78, 5) is 5.18. The van der Waals surface area contributed by atoms with E-state index in [0.717, 1.165) is 45.8 Å². The molecule has 1 saturated heterocycles. The molecule has 30 heavy (non-hydrogen) atoms. The maximum absolute atomic E-state index is 6.38. The molecule has 2 aromatic rings. The Morgan fingerprint density at radius 1 is 1.03 bits per heavy atom. The number of nitrogens with zero attached hydrogens (tertiary/aromatic N) is 2. The number of aryl methyl sites for hydroxylation is 2. The van der Waals surface area contributed by atoms with Crippen LogP contribution in [0.15, 0.2) is 59.8 Å². The van der Waals surface area contributed by atoms with E-state index >= 15 is 0 Å². The third-order valence-corrected chi connectivity index (χ3v) is 6.35. The number of benzene rings is 2. The number of ether oxygens (including phenoxy) is 1. The molecule has 1 aliphatic heterocycles. The Bertz CT molecular complexity index is 868. The van der Waals surface area contributed by atoms with E-state index in [-0.39, 0.29) is 6.10 Å². The SMILES string of the molecule is CCCN(Cc1ccc(C)c(C)c1)C(=C1CC1)C1CN(Cc2ccccc2)CCO1. The first kappa shape index (κ1) is 21.1. The summed E-state index contributed by atoms with van der Waals surface area (Å²) in [5, 5.41) is 0. The molecule has 3 nitrogen and oxygen atoms in total. The van der Waals surface area contributed by atoms with Gasteiger partial charge in [0, 0.05) is 38.4 Å². The van der Waals surface area contributed by atoms with Crippen LogP contribution in [0.2, 0.25) is 0 Å². The van der Waals surface area contributed by atoms with Gasteiger partial charge in [0.2, 0.25) is 0 Å². The van der Waals surface area contributed by atoms with E-state index in [2.05, 4.69) is 79.1 Å². The predicted octanol–water partition coefficient (Wildman–Crippen LogP) is 5.46. The highest BCUT2D eigenvalue weighted by Gasteiger charge is 2.32. The second kappa shape index (κ2) is 9.80. The molecule has 0 N–H and O–H groups in total. The summed E-state index contributed by atoms with van der Waals surface area (Å²) in [6.45, 7) is 12.6. The summed E-state index contributed by atoms with van der Waals surface area (Å²) in [6, 6.07) is 17.7. The predicted molar refractivity (Wildman–Crippen MR) is 124 cm³/mol. The van der Waals surface area contributed by atoms with E-state index < -0.39 is 0 Å². The Hall–Kier alpha value is -2.10. The zero-order valence-electron chi connectivity index (χ0n) is 18.9. The molecule has 1 heterocycles.